The van der Waals surface area contributed by atoms with E-state index in [4.69, 9.17) is 4.42 Å². The van der Waals surface area contributed by atoms with Gasteiger partial charge >= 0.3 is 0 Å². The van der Waals surface area contributed by atoms with Crippen LogP contribution in [0.1, 0.15) is 24.3 Å². The van der Waals surface area contributed by atoms with Gasteiger partial charge in [0.1, 0.15) is 0 Å². The summed E-state index contributed by atoms with van der Waals surface area (Å²) in [5.41, 5.74) is 3.69. The van der Waals surface area contributed by atoms with E-state index in [0.29, 0.717) is 5.89 Å². The Morgan fingerprint density at radius 2 is 1.89 bits per heavy atom. The predicted octanol–water partition coefficient (Wildman–Crippen LogP) is 2.60. The standard InChI is InChI=1S/C15H17N3O/c1-18-9-7-13(8-10-18)14(15-17-16-11-19-15)12-5-3-2-4-6-12/h2-6,11H,7-10H2,1H3. The first-order valence-electron chi connectivity index (χ1n) is 6.57. The number of rotatable bonds is 2. The molecule has 1 fully saturated rings. The first kappa shape index (κ1) is 12.1. The lowest BCUT2D eigenvalue weighted by Crippen LogP contribution is -2.26. The van der Waals surface area contributed by atoms with Gasteiger partial charge < -0.3 is 9.32 Å². The predicted molar refractivity (Wildman–Crippen MR) is 73.5 cm³/mol. The Kier molecular flexibility index (Phi) is 3.42. The molecule has 0 atom stereocenters. The minimum atomic E-state index is 0.630. The van der Waals surface area contributed by atoms with Gasteiger partial charge in [-0.2, -0.15) is 0 Å². The molecule has 2 heterocycles. The lowest BCUT2D eigenvalue weighted by Gasteiger charge is -2.25. The van der Waals surface area contributed by atoms with Crippen molar-refractivity contribution in [2.24, 2.45) is 0 Å². The normalized spacial score (nSPS) is 16.6. The van der Waals surface area contributed by atoms with Crippen molar-refractivity contribution in [3.63, 3.8) is 0 Å². The second kappa shape index (κ2) is 5.36. The van der Waals surface area contributed by atoms with Crippen molar-refractivity contribution in [3.05, 3.63) is 53.8 Å². The van der Waals surface area contributed by atoms with E-state index in [1.807, 2.05) is 18.2 Å². The Balaban J connectivity index is 2.05. The highest BCUT2D eigenvalue weighted by atomic mass is 16.4. The zero-order valence-electron chi connectivity index (χ0n) is 11.0. The molecule has 1 aliphatic rings. The third-order valence-electron chi connectivity index (χ3n) is 3.58. The molecule has 19 heavy (non-hydrogen) atoms. The van der Waals surface area contributed by atoms with Gasteiger partial charge in [-0.3, -0.25) is 0 Å². The van der Waals surface area contributed by atoms with Gasteiger partial charge in [-0.1, -0.05) is 35.9 Å². The monoisotopic (exact) mass is 255 g/mol. The Bertz CT molecular complexity index is 550. The number of likely N-dealkylation sites (tertiary alicyclic amines) is 1. The van der Waals surface area contributed by atoms with Crippen LogP contribution in [-0.2, 0) is 0 Å². The van der Waals surface area contributed by atoms with E-state index >= 15 is 0 Å². The molecule has 1 aromatic heterocycles. The summed E-state index contributed by atoms with van der Waals surface area (Å²) in [6.07, 6.45) is 3.51. The van der Waals surface area contributed by atoms with Gasteiger partial charge in [-0.25, -0.2) is 0 Å². The molecule has 3 rings (SSSR count). The minimum Gasteiger partial charge on any atom is -0.423 e. The summed E-state index contributed by atoms with van der Waals surface area (Å²) in [4.78, 5) is 2.35. The fourth-order valence-electron chi connectivity index (χ4n) is 2.50. The molecule has 1 aromatic carbocycles. The van der Waals surface area contributed by atoms with E-state index in [1.165, 1.54) is 12.0 Å². The van der Waals surface area contributed by atoms with Crippen molar-refractivity contribution in [1.29, 1.82) is 0 Å². The maximum Gasteiger partial charge on any atom is 0.247 e. The summed E-state index contributed by atoms with van der Waals surface area (Å²) < 4.78 is 5.44. The molecule has 4 nitrogen and oxygen atoms in total. The molecule has 1 saturated heterocycles. The fourth-order valence-corrected chi connectivity index (χ4v) is 2.50. The van der Waals surface area contributed by atoms with E-state index in [9.17, 15) is 0 Å². The average Bonchev–Trinajstić information content (AvgIpc) is 2.96. The van der Waals surface area contributed by atoms with Crippen LogP contribution in [0.25, 0.3) is 5.57 Å². The maximum absolute atomic E-state index is 5.44. The molecular weight excluding hydrogens is 238 g/mol. The summed E-state index contributed by atoms with van der Waals surface area (Å²) in [6, 6.07) is 10.3. The van der Waals surface area contributed by atoms with Crippen molar-refractivity contribution in [3.8, 4) is 0 Å². The van der Waals surface area contributed by atoms with Crippen LogP contribution in [0.3, 0.4) is 0 Å². The molecule has 0 bridgehead atoms. The zero-order chi connectivity index (χ0) is 13.1. The van der Waals surface area contributed by atoms with Crippen molar-refractivity contribution in [2.75, 3.05) is 20.1 Å². The molecule has 0 aliphatic carbocycles. The summed E-state index contributed by atoms with van der Waals surface area (Å²) in [6.45, 7) is 2.17. The maximum atomic E-state index is 5.44. The van der Waals surface area contributed by atoms with Crippen LogP contribution in [-0.4, -0.2) is 35.2 Å². The molecule has 0 amide bonds. The third-order valence-corrected chi connectivity index (χ3v) is 3.58. The first-order valence-corrected chi connectivity index (χ1v) is 6.57. The van der Waals surface area contributed by atoms with Crippen LogP contribution < -0.4 is 0 Å². The Labute approximate surface area is 112 Å². The molecule has 0 unspecified atom stereocenters. The molecular formula is C15H17N3O. The summed E-state index contributed by atoms with van der Waals surface area (Å²) in [5, 5.41) is 7.92. The van der Waals surface area contributed by atoms with Gasteiger partial charge in [-0.15, -0.1) is 10.2 Å². The first-order chi connectivity index (χ1) is 9.34. The number of piperidine rings is 1. The number of hydrogen-bond acceptors (Lipinski definition) is 4. The van der Waals surface area contributed by atoms with E-state index < -0.39 is 0 Å². The van der Waals surface area contributed by atoms with Gasteiger partial charge in [0.2, 0.25) is 12.3 Å². The highest BCUT2D eigenvalue weighted by molar-refractivity contribution is 5.78. The number of hydrogen-bond donors (Lipinski definition) is 0. The lowest BCUT2D eigenvalue weighted by molar-refractivity contribution is 0.313. The Morgan fingerprint density at radius 3 is 2.53 bits per heavy atom. The minimum absolute atomic E-state index is 0.630. The Morgan fingerprint density at radius 1 is 1.16 bits per heavy atom. The van der Waals surface area contributed by atoms with E-state index in [2.05, 4.69) is 34.3 Å². The van der Waals surface area contributed by atoms with Crippen molar-refractivity contribution >= 4 is 5.57 Å². The van der Waals surface area contributed by atoms with E-state index in [-0.39, 0.29) is 0 Å². The Hall–Kier alpha value is -1.94. The highest BCUT2D eigenvalue weighted by Crippen LogP contribution is 2.30. The molecule has 0 radical (unpaired) electrons. The quantitative estimate of drug-likeness (QED) is 0.827. The molecule has 98 valence electrons. The summed E-state index contributed by atoms with van der Waals surface area (Å²) in [7, 11) is 2.16. The van der Waals surface area contributed by atoms with Gasteiger partial charge in [0.05, 0.1) is 0 Å². The lowest BCUT2D eigenvalue weighted by atomic mass is 9.93. The SMILES string of the molecule is CN1CCC(=C(c2ccccc2)c2nnco2)CC1. The van der Waals surface area contributed by atoms with Gasteiger partial charge in [-0.05, 0) is 25.5 Å². The fraction of sp³-hybridized carbons (Fsp3) is 0.333. The highest BCUT2D eigenvalue weighted by Gasteiger charge is 2.19. The van der Waals surface area contributed by atoms with Crippen LogP contribution in [0.15, 0.2) is 46.7 Å². The molecule has 0 saturated carbocycles. The van der Waals surface area contributed by atoms with Crippen molar-refractivity contribution in [2.45, 2.75) is 12.8 Å². The third kappa shape index (κ3) is 2.58. The van der Waals surface area contributed by atoms with Crippen LogP contribution in [0.5, 0.6) is 0 Å². The smallest absolute Gasteiger partial charge is 0.247 e. The van der Waals surface area contributed by atoms with Crippen LogP contribution in [0, 0.1) is 0 Å². The largest absolute Gasteiger partial charge is 0.423 e. The topological polar surface area (TPSA) is 42.2 Å². The second-order valence-corrected chi connectivity index (χ2v) is 4.89. The van der Waals surface area contributed by atoms with Crippen LogP contribution in [0.4, 0.5) is 0 Å². The number of nitrogens with zero attached hydrogens (tertiary/aromatic N) is 3. The molecule has 1 aliphatic heterocycles. The van der Waals surface area contributed by atoms with Gasteiger partial charge in [0, 0.05) is 18.7 Å². The van der Waals surface area contributed by atoms with Gasteiger partial charge in [0.15, 0.2) is 0 Å². The second-order valence-electron chi connectivity index (χ2n) is 4.89. The van der Waals surface area contributed by atoms with Crippen molar-refractivity contribution < 1.29 is 4.42 Å². The number of aromatic nitrogens is 2. The van der Waals surface area contributed by atoms with E-state index in [1.54, 1.807) is 0 Å². The molecule has 4 heteroatoms. The van der Waals surface area contributed by atoms with E-state index in [0.717, 1.165) is 37.1 Å². The van der Waals surface area contributed by atoms with Crippen LogP contribution in [0.2, 0.25) is 0 Å². The zero-order valence-corrected chi connectivity index (χ0v) is 11.0. The summed E-state index contributed by atoms with van der Waals surface area (Å²) in [5.74, 6) is 0.630. The average molecular weight is 255 g/mol. The molecule has 0 spiro atoms. The van der Waals surface area contributed by atoms with Gasteiger partial charge in [0.25, 0.3) is 0 Å². The summed E-state index contributed by atoms with van der Waals surface area (Å²) >= 11 is 0. The molecule has 0 N–H and O–H groups in total. The molecule has 2 aromatic rings. The van der Waals surface area contributed by atoms with Crippen molar-refractivity contribution in [1.82, 2.24) is 15.1 Å². The number of benzene rings is 1. The van der Waals surface area contributed by atoms with Crippen LogP contribution >= 0.6 is 0 Å².